The number of benzene rings is 2. The summed E-state index contributed by atoms with van der Waals surface area (Å²) in [5.74, 6) is 0.684. The Labute approximate surface area is 139 Å². The summed E-state index contributed by atoms with van der Waals surface area (Å²) in [4.78, 5) is 4.71. The molecule has 0 fully saturated rings. The van der Waals surface area contributed by atoms with Gasteiger partial charge >= 0.3 is 0 Å². The minimum Gasteiger partial charge on any atom is -0.487 e. The minimum absolute atomic E-state index is 0.0259. The largest absolute Gasteiger partial charge is 0.487 e. The van der Waals surface area contributed by atoms with Crippen LogP contribution in [-0.2, 0) is 12.0 Å². The molecule has 3 aromatic rings. The first kappa shape index (κ1) is 15.3. The monoisotopic (exact) mass is 331 g/mol. The fourth-order valence-corrected chi connectivity index (χ4v) is 3.46. The van der Waals surface area contributed by atoms with E-state index in [0.717, 1.165) is 20.8 Å². The van der Waals surface area contributed by atoms with Gasteiger partial charge in [0.1, 0.15) is 22.9 Å². The Hall–Kier alpha value is -1.58. The van der Waals surface area contributed by atoms with Crippen LogP contribution in [0.1, 0.15) is 31.3 Å². The second-order valence-corrected chi connectivity index (χ2v) is 7.68. The lowest BCUT2D eigenvalue weighted by Crippen LogP contribution is -2.09. The number of rotatable bonds is 3. The Morgan fingerprint density at radius 1 is 1.09 bits per heavy atom. The van der Waals surface area contributed by atoms with Gasteiger partial charge in [-0.3, -0.25) is 0 Å². The van der Waals surface area contributed by atoms with Gasteiger partial charge in [-0.05, 0) is 17.7 Å². The second kappa shape index (κ2) is 5.90. The van der Waals surface area contributed by atoms with E-state index in [1.54, 1.807) is 11.3 Å². The molecule has 0 unspecified atom stereocenters. The third-order valence-corrected chi connectivity index (χ3v) is 5.15. The standard InChI is InChI=1S/C18H18ClNOS/c1-18(2,3)17-20-16-14(22-17)10-9-13(15(16)19)21-11-12-7-5-4-6-8-12/h4-10H,11H2,1-3H3. The molecule has 3 rings (SSSR count). The minimum atomic E-state index is 0.0259. The number of halogens is 1. The maximum Gasteiger partial charge on any atom is 0.140 e. The van der Waals surface area contributed by atoms with Crippen LogP contribution in [0.2, 0.25) is 5.02 Å². The van der Waals surface area contributed by atoms with E-state index in [1.165, 1.54) is 0 Å². The predicted octanol–water partition coefficient (Wildman–Crippen LogP) is 5.83. The molecule has 2 aromatic carbocycles. The van der Waals surface area contributed by atoms with Crippen LogP contribution in [0.25, 0.3) is 10.2 Å². The number of nitrogens with zero attached hydrogens (tertiary/aromatic N) is 1. The summed E-state index contributed by atoms with van der Waals surface area (Å²) in [6.07, 6.45) is 0. The number of hydrogen-bond acceptors (Lipinski definition) is 3. The molecule has 0 radical (unpaired) electrons. The Morgan fingerprint density at radius 3 is 2.50 bits per heavy atom. The summed E-state index contributed by atoms with van der Waals surface area (Å²) in [7, 11) is 0. The van der Waals surface area contributed by atoms with E-state index in [2.05, 4.69) is 20.8 Å². The molecular formula is C18H18ClNOS. The summed E-state index contributed by atoms with van der Waals surface area (Å²) in [6.45, 7) is 6.98. The maximum absolute atomic E-state index is 6.49. The van der Waals surface area contributed by atoms with Crippen molar-refractivity contribution in [3.05, 3.63) is 58.1 Å². The quantitative estimate of drug-likeness (QED) is 0.602. The smallest absolute Gasteiger partial charge is 0.140 e. The topological polar surface area (TPSA) is 22.1 Å². The van der Waals surface area contributed by atoms with Gasteiger partial charge in [-0.15, -0.1) is 11.3 Å². The Kier molecular flexibility index (Phi) is 4.11. The molecule has 0 aliphatic rings. The van der Waals surface area contributed by atoms with Gasteiger partial charge in [0.15, 0.2) is 0 Å². The van der Waals surface area contributed by atoms with Crippen molar-refractivity contribution in [1.82, 2.24) is 4.98 Å². The van der Waals surface area contributed by atoms with Gasteiger partial charge in [-0.25, -0.2) is 4.98 Å². The number of fused-ring (bicyclic) bond motifs is 1. The molecule has 0 aliphatic heterocycles. The molecule has 0 bridgehead atoms. The van der Waals surface area contributed by atoms with Crippen molar-refractivity contribution in [2.45, 2.75) is 32.8 Å². The molecule has 4 heteroatoms. The lowest BCUT2D eigenvalue weighted by molar-refractivity contribution is 0.307. The first-order chi connectivity index (χ1) is 10.4. The third kappa shape index (κ3) is 3.11. The number of ether oxygens (including phenoxy) is 1. The summed E-state index contributed by atoms with van der Waals surface area (Å²) in [5, 5.41) is 1.68. The van der Waals surface area contributed by atoms with Gasteiger partial charge in [0.05, 0.1) is 9.71 Å². The Bertz CT molecular complexity index is 790. The normalized spacial score (nSPS) is 11.8. The number of thiazole rings is 1. The van der Waals surface area contributed by atoms with Gasteiger partial charge in [0.25, 0.3) is 0 Å². The molecule has 0 N–H and O–H groups in total. The maximum atomic E-state index is 6.49. The van der Waals surface area contributed by atoms with Crippen molar-refractivity contribution in [3.8, 4) is 5.75 Å². The zero-order chi connectivity index (χ0) is 15.7. The van der Waals surface area contributed by atoms with Gasteiger partial charge in [0, 0.05) is 5.41 Å². The van der Waals surface area contributed by atoms with E-state index >= 15 is 0 Å². The van der Waals surface area contributed by atoms with Crippen LogP contribution >= 0.6 is 22.9 Å². The van der Waals surface area contributed by atoms with Crippen molar-refractivity contribution in [1.29, 1.82) is 0 Å². The zero-order valence-corrected chi connectivity index (χ0v) is 14.5. The average molecular weight is 332 g/mol. The van der Waals surface area contributed by atoms with Crippen molar-refractivity contribution in [2.24, 2.45) is 0 Å². The van der Waals surface area contributed by atoms with Crippen molar-refractivity contribution < 1.29 is 4.74 Å². The molecule has 0 aliphatic carbocycles. The van der Waals surface area contributed by atoms with E-state index in [4.69, 9.17) is 21.3 Å². The Balaban J connectivity index is 1.89. The summed E-state index contributed by atoms with van der Waals surface area (Å²) < 4.78 is 6.96. The van der Waals surface area contributed by atoms with Crippen molar-refractivity contribution in [2.75, 3.05) is 0 Å². The zero-order valence-electron chi connectivity index (χ0n) is 12.9. The Morgan fingerprint density at radius 2 is 1.82 bits per heavy atom. The fraction of sp³-hybridized carbons (Fsp3) is 0.278. The molecule has 0 saturated heterocycles. The first-order valence-electron chi connectivity index (χ1n) is 7.21. The number of aromatic nitrogens is 1. The molecule has 1 heterocycles. The van der Waals surface area contributed by atoms with E-state index < -0.39 is 0 Å². The molecule has 2 nitrogen and oxygen atoms in total. The molecule has 0 amide bonds. The second-order valence-electron chi connectivity index (χ2n) is 6.27. The summed E-state index contributed by atoms with van der Waals surface area (Å²) in [5.41, 5.74) is 1.98. The van der Waals surface area contributed by atoms with Crippen LogP contribution in [0.5, 0.6) is 5.75 Å². The van der Waals surface area contributed by atoms with E-state index in [1.807, 2.05) is 42.5 Å². The highest BCUT2D eigenvalue weighted by Crippen LogP contribution is 2.38. The summed E-state index contributed by atoms with van der Waals surface area (Å²) in [6, 6.07) is 14.0. The van der Waals surface area contributed by atoms with Crippen LogP contribution in [0.3, 0.4) is 0 Å². The molecule has 0 atom stereocenters. The average Bonchev–Trinajstić information content (AvgIpc) is 2.93. The van der Waals surface area contributed by atoms with Gasteiger partial charge in [-0.2, -0.15) is 0 Å². The first-order valence-corrected chi connectivity index (χ1v) is 8.41. The lowest BCUT2D eigenvalue weighted by Gasteiger charge is -2.13. The summed E-state index contributed by atoms with van der Waals surface area (Å²) >= 11 is 8.18. The third-order valence-electron chi connectivity index (χ3n) is 3.34. The lowest BCUT2D eigenvalue weighted by atomic mass is 9.98. The SMILES string of the molecule is CC(C)(C)c1nc2c(Cl)c(OCc3ccccc3)ccc2s1. The molecule has 22 heavy (non-hydrogen) atoms. The van der Waals surface area contributed by atoms with Gasteiger partial charge in [-0.1, -0.05) is 62.7 Å². The van der Waals surface area contributed by atoms with E-state index in [9.17, 15) is 0 Å². The van der Waals surface area contributed by atoms with Crippen LogP contribution in [0.4, 0.5) is 0 Å². The molecule has 0 spiro atoms. The van der Waals surface area contributed by atoms with Crippen LogP contribution in [0, 0.1) is 0 Å². The molecule has 114 valence electrons. The van der Waals surface area contributed by atoms with E-state index in [-0.39, 0.29) is 5.41 Å². The highest BCUT2D eigenvalue weighted by molar-refractivity contribution is 7.18. The van der Waals surface area contributed by atoms with Crippen LogP contribution < -0.4 is 4.74 Å². The molecule has 1 aromatic heterocycles. The highest BCUT2D eigenvalue weighted by atomic mass is 35.5. The molecule has 0 saturated carbocycles. The highest BCUT2D eigenvalue weighted by Gasteiger charge is 2.20. The van der Waals surface area contributed by atoms with Crippen LogP contribution in [-0.4, -0.2) is 4.98 Å². The van der Waals surface area contributed by atoms with Crippen molar-refractivity contribution in [3.63, 3.8) is 0 Å². The number of hydrogen-bond donors (Lipinski definition) is 0. The van der Waals surface area contributed by atoms with Crippen LogP contribution in [0.15, 0.2) is 42.5 Å². The fourth-order valence-electron chi connectivity index (χ4n) is 2.11. The molecular weight excluding hydrogens is 314 g/mol. The van der Waals surface area contributed by atoms with Gasteiger partial charge in [0.2, 0.25) is 0 Å². The van der Waals surface area contributed by atoms with Gasteiger partial charge < -0.3 is 4.74 Å². The van der Waals surface area contributed by atoms with Crippen molar-refractivity contribution >= 4 is 33.2 Å². The predicted molar refractivity (Wildman–Crippen MR) is 94.1 cm³/mol. The van der Waals surface area contributed by atoms with E-state index in [0.29, 0.717) is 17.4 Å².